The number of carbonyl (C=O) groups excluding carboxylic acids is 1. The zero-order chi connectivity index (χ0) is 12.8. The fourth-order valence-corrected chi connectivity index (χ4v) is 2.35. The summed E-state index contributed by atoms with van der Waals surface area (Å²) in [6.45, 7) is 0. The van der Waals surface area contributed by atoms with Crippen LogP contribution >= 0.6 is 11.8 Å². The molecule has 6 nitrogen and oxygen atoms in total. The minimum atomic E-state index is -0.400. The van der Waals surface area contributed by atoms with Crippen molar-refractivity contribution >= 4 is 28.6 Å². The van der Waals surface area contributed by atoms with Crippen LogP contribution in [-0.2, 0) is 9.63 Å². The van der Waals surface area contributed by atoms with E-state index < -0.39 is 5.97 Å². The SMILES string of the molecule is NNOC(=O)CCSc1ncnc2ccccc12. The third kappa shape index (κ3) is 3.16. The number of benzene rings is 1. The van der Waals surface area contributed by atoms with Crippen molar-refractivity contribution in [2.75, 3.05) is 5.75 Å². The first kappa shape index (κ1) is 12.7. The molecule has 1 heterocycles. The van der Waals surface area contributed by atoms with Crippen LogP contribution in [0.5, 0.6) is 0 Å². The lowest BCUT2D eigenvalue weighted by Gasteiger charge is -2.04. The molecule has 0 amide bonds. The minimum absolute atomic E-state index is 0.257. The molecule has 0 aliphatic rings. The zero-order valence-corrected chi connectivity index (χ0v) is 10.3. The van der Waals surface area contributed by atoms with Gasteiger partial charge in [0.1, 0.15) is 11.4 Å². The maximum absolute atomic E-state index is 11.1. The van der Waals surface area contributed by atoms with Crippen LogP contribution in [0.15, 0.2) is 35.6 Å². The number of nitrogens with one attached hydrogen (secondary N) is 1. The summed E-state index contributed by atoms with van der Waals surface area (Å²) in [4.78, 5) is 23.9. The Hall–Kier alpha value is -1.70. The maximum Gasteiger partial charge on any atom is 0.327 e. The summed E-state index contributed by atoms with van der Waals surface area (Å²) in [6, 6.07) is 7.74. The van der Waals surface area contributed by atoms with Gasteiger partial charge in [0.15, 0.2) is 0 Å². The van der Waals surface area contributed by atoms with E-state index in [9.17, 15) is 4.79 Å². The number of aromatic nitrogens is 2. The van der Waals surface area contributed by atoms with Crippen LogP contribution in [0, 0.1) is 0 Å². The molecule has 2 aromatic rings. The van der Waals surface area contributed by atoms with Crippen molar-refractivity contribution in [2.45, 2.75) is 11.4 Å². The molecule has 18 heavy (non-hydrogen) atoms. The Morgan fingerprint density at radius 3 is 3.06 bits per heavy atom. The first-order chi connectivity index (χ1) is 8.81. The van der Waals surface area contributed by atoms with E-state index in [2.05, 4.69) is 14.8 Å². The van der Waals surface area contributed by atoms with Crippen molar-refractivity contribution in [2.24, 2.45) is 5.84 Å². The number of hydrogen-bond donors (Lipinski definition) is 2. The van der Waals surface area contributed by atoms with Gasteiger partial charge in [-0.3, -0.25) is 4.79 Å². The molecule has 0 unspecified atom stereocenters. The van der Waals surface area contributed by atoms with Gasteiger partial charge in [0.2, 0.25) is 0 Å². The maximum atomic E-state index is 11.1. The number of carbonyl (C=O) groups is 1. The van der Waals surface area contributed by atoms with E-state index >= 15 is 0 Å². The molecule has 0 fully saturated rings. The van der Waals surface area contributed by atoms with Crippen LogP contribution in [-0.4, -0.2) is 21.7 Å². The summed E-state index contributed by atoms with van der Waals surface area (Å²) >= 11 is 1.48. The van der Waals surface area contributed by atoms with Gasteiger partial charge in [-0.05, 0) is 6.07 Å². The Bertz CT molecular complexity index is 544. The molecule has 1 aromatic carbocycles. The largest absolute Gasteiger partial charge is 0.356 e. The molecule has 0 aliphatic carbocycles. The summed E-state index contributed by atoms with van der Waals surface area (Å²) < 4.78 is 0. The molecule has 2 rings (SSSR count). The molecular formula is C11H12N4O2S. The fourth-order valence-electron chi connectivity index (χ4n) is 1.44. The molecule has 0 atom stereocenters. The van der Waals surface area contributed by atoms with Crippen molar-refractivity contribution < 1.29 is 9.63 Å². The van der Waals surface area contributed by atoms with Crippen LogP contribution in [0.25, 0.3) is 10.9 Å². The summed E-state index contributed by atoms with van der Waals surface area (Å²) in [5, 5.41) is 1.84. The minimum Gasteiger partial charge on any atom is -0.356 e. The lowest BCUT2D eigenvalue weighted by Crippen LogP contribution is -2.26. The van der Waals surface area contributed by atoms with Crippen LogP contribution in [0.3, 0.4) is 0 Å². The number of nitrogens with zero attached hydrogens (tertiary/aromatic N) is 2. The molecule has 0 spiro atoms. The van der Waals surface area contributed by atoms with Gasteiger partial charge < -0.3 is 4.84 Å². The molecule has 0 saturated heterocycles. The highest BCUT2D eigenvalue weighted by atomic mass is 32.2. The van der Waals surface area contributed by atoms with Gasteiger partial charge in [-0.2, -0.15) is 0 Å². The van der Waals surface area contributed by atoms with Gasteiger partial charge in [0.25, 0.3) is 0 Å². The van der Waals surface area contributed by atoms with E-state index in [-0.39, 0.29) is 6.42 Å². The van der Waals surface area contributed by atoms with Crippen molar-refractivity contribution in [3.8, 4) is 0 Å². The van der Waals surface area contributed by atoms with Gasteiger partial charge in [0, 0.05) is 11.1 Å². The third-order valence-corrected chi connectivity index (χ3v) is 3.23. The highest BCUT2D eigenvalue weighted by Crippen LogP contribution is 2.24. The quantitative estimate of drug-likeness (QED) is 0.361. The van der Waals surface area contributed by atoms with Crippen LogP contribution in [0.4, 0.5) is 0 Å². The number of para-hydroxylation sites is 1. The molecule has 1 aromatic heterocycles. The average Bonchev–Trinajstić information content (AvgIpc) is 2.39. The summed E-state index contributed by atoms with van der Waals surface area (Å²) in [5.74, 6) is 5.04. The Balaban J connectivity index is 2.01. The van der Waals surface area contributed by atoms with Gasteiger partial charge >= 0.3 is 5.97 Å². The van der Waals surface area contributed by atoms with Crippen molar-refractivity contribution in [1.82, 2.24) is 15.6 Å². The first-order valence-electron chi connectivity index (χ1n) is 5.29. The molecule has 0 aliphatic heterocycles. The number of nitrogens with two attached hydrogens (primary N) is 1. The Morgan fingerprint density at radius 1 is 1.39 bits per heavy atom. The number of fused-ring (bicyclic) bond motifs is 1. The normalized spacial score (nSPS) is 10.5. The fraction of sp³-hybridized carbons (Fsp3) is 0.182. The standard InChI is InChI=1S/C11H12N4O2S/c12-15-17-10(16)5-6-18-11-8-3-1-2-4-9(8)13-7-14-11/h1-4,7,15H,5-6,12H2. The molecule has 0 radical (unpaired) electrons. The Labute approximate surface area is 108 Å². The first-order valence-corrected chi connectivity index (χ1v) is 6.27. The second-order valence-corrected chi connectivity index (χ2v) is 4.47. The lowest BCUT2D eigenvalue weighted by atomic mass is 10.2. The topological polar surface area (TPSA) is 90.1 Å². The van der Waals surface area contributed by atoms with E-state index in [0.29, 0.717) is 5.75 Å². The Kier molecular flexibility index (Phi) is 4.46. The van der Waals surface area contributed by atoms with Crippen molar-refractivity contribution in [3.63, 3.8) is 0 Å². The van der Waals surface area contributed by atoms with Gasteiger partial charge in [-0.25, -0.2) is 15.8 Å². The molecule has 94 valence electrons. The predicted octanol–water partition coefficient (Wildman–Crippen LogP) is 1.03. The van der Waals surface area contributed by atoms with Crippen LogP contribution in [0.1, 0.15) is 6.42 Å². The van der Waals surface area contributed by atoms with E-state index in [1.54, 1.807) is 0 Å². The van der Waals surface area contributed by atoms with Gasteiger partial charge in [-0.15, -0.1) is 11.8 Å². The van der Waals surface area contributed by atoms with Gasteiger partial charge in [0.05, 0.1) is 11.9 Å². The number of rotatable bonds is 5. The predicted molar refractivity (Wildman–Crippen MR) is 68.3 cm³/mol. The lowest BCUT2D eigenvalue weighted by molar-refractivity contribution is -0.150. The van der Waals surface area contributed by atoms with E-state index in [1.807, 2.05) is 29.9 Å². The molecule has 0 bridgehead atoms. The van der Waals surface area contributed by atoms with Crippen molar-refractivity contribution in [1.29, 1.82) is 0 Å². The second kappa shape index (κ2) is 6.29. The molecule has 7 heteroatoms. The smallest absolute Gasteiger partial charge is 0.327 e. The average molecular weight is 264 g/mol. The monoisotopic (exact) mass is 264 g/mol. The van der Waals surface area contributed by atoms with E-state index in [0.717, 1.165) is 15.9 Å². The summed E-state index contributed by atoms with van der Waals surface area (Å²) in [5.41, 5.74) is 2.75. The molecule has 0 saturated carbocycles. The van der Waals surface area contributed by atoms with E-state index in [1.165, 1.54) is 18.1 Å². The van der Waals surface area contributed by atoms with Gasteiger partial charge in [-0.1, -0.05) is 23.8 Å². The highest BCUT2D eigenvalue weighted by molar-refractivity contribution is 7.99. The zero-order valence-electron chi connectivity index (χ0n) is 9.50. The third-order valence-electron chi connectivity index (χ3n) is 2.22. The molecule has 3 N–H and O–H groups in total. The van der Waals surface area contributed by atoms with Crippen molar-refractivity contribution in [3.05, 3.63) is 30.6 Å². The second-order valence-electron chi connectivity index (χ2n) is 3.39. The number of thioether (sulfide) groups is 1. The summed E-state index contributed by atoms with van der Waals surface area (Å²) in [7, 11) is 0. The van der Waals surface area contributed by atoms with Crippen LogP contribution in [0.2, 0.25) is 0 Å². The molecular weight excluding hydrogens is 252 g/mol. The number of hydrogen-bond acceptors (Lipinski definition) is 7. The van der Waals surface area contributed by atoms with Crippen LogP contribution < -0.4 is 11.4 Å². The Morgan fingerprint density at radius 2 is 2.22 bits per heavy atom. The number of hydrazine groups is 1. The van der Waals surface area contributed by atoms with E-state index in [4.69, 9.17) is 5.84 Å². The summed E-state index contributed by atoms with van der Waals surface area (Å²) in [6.07, 6.45) is 1.78. The highest BCUT2D eigenvalue weighted by Gasteiger charge is 2.06.